The van der Waals surface area contributed by atoms with Gasteiger partial charge < -0.3 is 5.73 Å². The Bertz CT molecular complexity index is 277. The molecule has 0 aliphatic rings. The summed E-state index contributed by atoms with van der Waals surface area (Å²) < 4.78 is 36.4. The Morgan fingerprint density at radius 3 is 2.62 bits per heavy atom. The number of alkyl halides is 3. The number of aromatic nitrogens is 2. The zero-order valence-electron chi connectivity index (χ0n) is 7.04. The van der Waals surface area contributed by atoms with Gasteiger partial charge >= 0.3 is 6.18 Å². The zero-order chi connectivity index (χ0) is 10.1. The zero-order valence-corrected chi connectivity index (χ0v) is 7.04. The molecule has 1 aromatic rings. The minimum Gasteiger partial charge on any atom is -0.324 e. The van der Waals surface area contributed by atoms with Crippen molar-refractivity contribution < 1.29 is 13.2 Å². The fourth-order valence-electron chi connectivity index (χ4n) is 0.885. The molecular weight excluding hydrogens is 183 g/mol. The second-order valence-corrected chi connectivity index (χ2v) is 2.88. The molecule has 74 valence electrons. The number of rotatable bonds is 2. The molecule has 0 saturated heterocycles. The van der Waals surface area contributed by atoms with Gasteiger partial charge in [-0.15, -0.1) is 0 Å². The molecule has 1 aromatic heterocycles. The summed E-state index contributed by atoms with van der Waals surface area (Å²) in [6.45, 7) is 0.620. The van der Waals surface area contributed by atoms with Crippen LogP contribution in [0.5, 0.6) is 0 Å². The smallest absolute Gasteiger partial charge is 0.324 e. The molecule has 1 heterocycles. The molecule has 0 aliphatic heterocycles. The summed E-state index contributed by atoms with van der Waals surface area (Å²) in [4.78, 5) is 0. The Balaban J connectivity index is 2.70. The van der Waals surface area contributed by atoms with Gasteiger partial charge in [-0.05, 0) is 6.92 Å². The third-order valence-corrected chi connectivity index (χ3v) is 1.52. The number of nitrogens with two attached hydrogens (primary N) is 1. The van der Waals surface area contributed by atoms with Gasteiger partial charge in [0.05, 0.1) is 6.20 Å². The fourth-order valence-corrected chi connectivity index (χ4v) is 0.885. The van der Waals surface area contributed by atoms with E-state index in [1.807, 2.05) is 0 Å². The van der Waals surface area contributed by atoms with Crippen molar-refractivity contribution >= 4 is 0 Å². The Labute approximate surface area is 73.3 Å². The molecule has 0 saturated carbocycles. The van der Waals surface area contributed by atoms with E-state index in [4.69, 9.17) is 5.73 Å². The van der Waals surface area contributed by atoms with Crippen LogP contribution in [0.15, 0.2) is 12.4 Å². The molecule has 1 rings (SSSR count). The quantitative estimate of drug-likeness (QED) is 0.772. The second-order valence-electron chi connectivity index (χ2n) is 2.88. The van der Waals surface area contributed by atoms with E-state index >= 15 is 0 Å². The van der Waals surface area contributed by atoms with Crippen molar-refractivity contribution in [2.24, 2.45) is 5.73 Å². The first-order chi connectivity index (χ1) is 5.88. The lowest BCUT2D eigenvalue weighted by molar-refractivity contribution is -0.142. The summed E-state index contributed by atoms with van der Waals surface area (Å²) in [5.74, 6) is 0. The monoisotopic (exact) mass is 193 g/mol. The molecule has 0 aromatic carbocycles. The molecule has 6 heteroatoms. The van der Waals surface area contributed by atoms with Crippen molar-refractivity contribution in [2.45, 2.75) is 25.7 Å². The van der Waals surface area contributed by atoms with Gasteiger partial charge in [0, 0.05) is 17.8 Å². The topological polar surface area (TPSA) is 43.8 Å². The molecule has 0 bridgehead atoms. The molecule has 2 N–H and O–H groups in total. The SMILES string of the molecule is C[C@H](N)c1cnn(CC(F)(F)F)c1. The van der Waals surface area contributed by atoms with Gasteiger partial charge in [-0.1, -0.05) is 0 Å². The van der Waals surface area contributed by atoms with E-state index in [9.17, 15) is 13.2 Å². The Morgan fingerprint density at radius 1 is 1.62 bits per heavy atom. The lowest BCUT2D eigenvalue weighted by Crippen LogP contribution is -2.17. The normalized spacial score (nSPS) is 14.5. The van der Waals surface area contributed by atoms with Gasteiger partial charge in [0.25, 0.3) is 0 Å². The maximum atomic E-state index is 11.9. The minimum atomic E-state index is -4.23. The minimum absolute atomic E-state index is 0.290. The van der Waals surface area contributed by atoms with Crippen molar-refractivity contribution in [3.63, 3.8) is 0 Å². The van der Waals surface area contributed by atoms with E-state index in [0.717, 1.165) is 4.68 Å². The van der Waals surface area contributed by atoms with E-state index < -0.39 is 12.7 Å². The van der Waals surface area contributed by atoms with E-state index in [0.29, 0.717) is 5.56 Å². The molecule has 0 unspecified atom stereocenters. The molecule has 3 nitrogen and oxygen atoms in total. The fraction of sp³-hybridized carbons (Fsp3) is 0.571. The Morgan fingerprint density at radius 2 is 2.23 bits per heavy atom. The first-order valence-corrected chi connectivity index (χ1v) is 3.73. The van der Waals surface area contributed by atoms with Crippen LogP contribution in [0.25, 0.3) is 0 Å². The van der Waals surface area contributed by atoms with Gasteiger partial charge in [0.15, 0.2) is 0 Å². The number of hydrogen-bond acceptors (Lipinski definition) is 2. The first kappa shape index (κ1) is 10.0. The molecule has 1 atom stereocenters. The third kappa shape index (κ3) is 3.06. The highest BCUT2D eigenvalue weighted by Gasteiger charge is 2.28. The van der Waals surface area contributed by atoms with E-state index in [1.165, 1.54) is 12.4 Å². The van der Waals surface area contributed by atoms with Gasteiger partial charge in [-0.3, -0.25) is 4.68 Å². The van der Waals surface area contributed by atoms with Crippen LogP contribution in [-0.4, -0.2) is 16.0 Å². The highest BCUT2D eigenvalue weighted by Crippen LogP contribution is 2.17. The standard InChI is InChI=1S/C7H10F3N3/c1-5(11)6-2-12-13(3-6)4-7(8,9)10/h2-3,5H,4,11H2,1H3/t5-/m0/s1. The number of hydrogen-bond donors (Lipinski definition) is 1. The van der Waals surface area contributed by atoms with Crippen LogP contribution in [0, 0.1) is 0 Å². The Kier molecular flexibility index (Phi) is 2.60. The molecule has 0 spiro atoms. The highest BCUT2D eigenvalue weighted by atomic mass is 19.4. The predicted molar refractivity (Wildman–Crippen MR) is 40.9 cm³/mol. The van der Waals surface area contributed by atoms with Gasteiger partial charge in [-0.2, -0.15) is 18.3 Å². The maximum Gasteiger partial charge on any atom is 0.408 e. The molecule has 0 aliphatic carbocycles. The van der Waals surface area contributed by atoms with E-state index in [-0.39, 0.29) is 6.04 Å². The van der Waals surface area contributed by atoms with Crippen LogP contribution in [0.2, 0.25) is 0 Å². The summed E-state index contributed by atoms with van der Waals surface area (Å²) in [5.41, 5.74) is 6.06. The molecular formula is C7H10F3N3. The molecule has 0 radical (unpaired) electrons. The highest BCUT2D eigenvalue weighted by molar-refractivity contribution is 5.08. The van der Waals surface area contributed by atoms with Crippen molar-refractivity contribution in [3.8, 4) is 0 Å². The van der Waals surface area contributed by atoms with Crippen molar-refractivity contribution in [3.05, 3.63) is 18.0 Å². The molecule has 0 fully saturated rings. The number of nitrogens with zero attached hydrogens (tertiary/aromatic N) is 2. The lowest BCUT2D eigenvalue weighted by Gasteiger charge is -2.05. The van der Waals surface area contributed by atoms with Crippen LogP contribution in [0.1, 0.15) is 18.5 Å². The average Bonchev–Trinajstić information content (AvgIpc) is 2.31. The van der Waals surface area contributed by atoms with E-state index in [1.54, 1.807) is 6.92 Å². The van der Waals surface area contributed by atoms with E-state index in [2.05, 4.69) is 5.10 Å². The Hall–Kier alpha value is -1.04. The maximum absolute atomic E-state index is 11.9. The molecule has 13 heavy (non-hydrogen) atoms. The van der Waals surface area contributed by atoms with Crippen LogP contribution in [0.3, 0.4) is 0 Å². The second kappa shape index (κ2) is 3.37. The predicted octanol–water partition coefficient (Wildman–Crippen LogP) is 1.47. The van der Waals surface area contributed by atoms with Gasteiger partial charge in [-0.25, -0.2) is 0 Å². The van der Waals surface area contributed by atoms with Crippen molar-refractivity contribution in [1.29, 1.82) is 0 Å². The summed E-state index contributed by atoms with van der Waals surface area (Å²) in [6.07, 6.45) is -1.59. The molecule has 0 amide bonds. The van der Waals surface area contributed by atoms with Crippen LogP contribution in [-0.2, 0) is 6.54 Å². The van der Waals surface area contributed by atoms with Crippen molar-refractivity contribution in [2.75, 3.05) is 0 Å². The summed E-state index contributed by atoms with van der Waals surface area (Å²) in [5, 5.41) is 3.54. The summed E-state index contributed by atoms with van der Waals surface area (Å²) in [6, 6.07) is -0.290. The van der Waals surface area contributed by atoms with Crippen LogP contribution in [0.4, 0.5) is 13.2 Å². The van der Waals surface area contributed by atoms with Crippen molar-refractivity contribution in [1.82, 2.24) is 9.78 Å². The number of halogens is 3. The summed E-state index contributed by atoms with van der Waals surface area (Å²) in [7, 11) is 0. The van der Waals surface area contributed by atoms with Crippen LogP contribution < -0.4 is 5.73 Å². The summed E-state index contributed by atoms with van der Waals surface area (Å²) >= 11 is 0. The van der Waals surface area contributed by atoms with Crippen LogP contribution >= 0.6 is 0 Å². The van der Waals surface area contributed by atoms with Gasteiger partial charge in [0.2, 0.25) is 0 Å². The first-order valence-electron chi connectivity index (χ1n) is 3.73. The lowest BCUT2D eigenvalue weighted by atomic mass is 10.2. The average molecular weight is 193 g/mol. The third-order valence-electron chi connectivity index (χ3n) is 1.52. The van der Waals surface area contributed by atoms with Gasteiger partial charge in [0.1, 0.15) is 6.54 Å². The largest absolute Gasteiger partial charge is 0.408 e.